The van der Waals surface area contributed by atoms with E-state index in [0.717, 1.165) is 23.0 Å². The maximum atomic E-state index is 13.5. The minimum atomic E-state index is -0.192. The van der Waals surface area contributed by atoms with E-state index in [0.29, 0.717) is 12.0 Å². The SMILES string of the molecule is CC(C)NCC(Cc1cc(F)cc(Br)c1)c1ccccc1. The van der Waals surface area contributed by atoms with Crippen LogP contribution in [0.25, 0.3) is 0 Å². The van der Waals surface area contributed by atoms with Crippen molar-refractivity contribution in [3.8, 4) is 0 Å². The number of nitrogens with one attached hydrogen (secondary N) is 1. The molecular weight excluding hydrogens is 329 g/mol. The second-order valence-electron chi connectivity index (χ2n) is 5.65. The normalized spacial score (nSPS) is 12.6. The molecule has 0 aromatic heterocycles. The molecule has 0 aliphatic rings. The second kappa shape index (κ2) is 7.71. The smallest absolute Gasteiger partial charge is 0.124 e. The molecule has 0 saturated carbocycles. The fourth-order valence-electron chi connectivity index (χ4n) is 2.42. The van der Waals surface area contributed by atoms with Crippen LogP contribution in [0.1, 0.15) is 30.9 Å². The van der Waals surface area contributed by atoms with Crippen LogP contribution in [-0.2, 0) is 6.42 Å². The van der Waals surface area contributed by atoms with E-state index in [4.69, 9.17) is 0 Å². The van der Waals surface area contributed by atoms with Crippen LogP contribution in [-0.4, -0.2) is 12.6 Å². The highest BCUT2D eigenvalue weighted by Gasteiger charge is 2.13. The van der Waals surface area contributed by atoms with Gasteiger partial charge in [0.15, 0.2) is 0 Å². The van der Waals surface area contributed by atoms with Gasteiger partial charge in [-0.05, 0) is 35.7 Å². The molecule has 1 unspecified atom stereocenters. The molecule has 0 fully saturated rings. The van der Waals surface area contributed by atoms with Crippen LogP contribution in [0.3, 0.4) is 0 Å². The van der Waals surface area contributed by atoms with Crippen molar-refractivity contribution in [3.05, 3.63) is 69.9 Å². The predicted molar refractivity (Wildman–Crippen MR) is 90.1 cm³/mol. The largest absolute Gasteiger partial charge is 0.314 e. The van der Waals surface area contributed by atoms with E-state index in [2.05, 4.69) is 59.4 Å². The van der Waals surface area contributed by atoms with E-state index >= 15 is 0 Å². The lowest BCUT2D eigenvalue weighted by Crippen LogP contribution is -2.29. The lowest BCUT2D eigenvalue weighted by molar-refractivity contribution is 0.525. The highest BCUT2D eigenvalue weighted by atomic mass is 79.9. The summed E-state index contributed by atoms with van der Waals surface area (Å²) in [5, 5.41) is 3.49. The molecule has 0 heterocycles. The van der Waals surface area contributed by atoms with Gasteiger partial charge in [0.1, 0.15) is 5.82 Å². The molecule has 2 aromatic rings. The molecule has 0 radical (unpaired) electrons. The molecule has 0 amide bonds. The molecule has 0 aliphatic heterocycles. The molecule has 1 N–H and O–H groups in total. The number of rotatable bonds is 6. The zero-order chi connectivity index (χ0) is 15.2. The van der Waals surface area contributed by atoms with Gasteiger partial charge in [-0.15, -0.1) is 0 Å². The lowest BCUT2D eigenvalue weighted by Gasteiger charge is -2.20. The number of hydrogen-bond acceptors (Lipinski definition) is 1. The van der Waals surface area contributed by atoms with Crippen molar-refractivity contribution >= 4 is 15.9 Å². The van der Waals surface area contributed by atoms with Crippen molar-refractivity contribution in [1.82, 2.24) is 5.32 Å². The molecule has 1 nitrogen and oxygen atoms in total. The molecule has 2 aromatic carbocycles. The van der Waals surface area contributed by atoms with Gasteiger partial charge in [0, 0.05) is 23.0 Å². The summed E-state index contributed by atoms with van der Waals surface area (Å²) in [4.78, 5) is 0. The Morgan fingerprint density at radius 2 is 1.81 bits per heavy atom. The van der Waals surface area contributed by atoms with Gasteiger partial charge in [-0.2, -0.15) is 0 Å². The van der Waals surface area contributed by atoms with Gasteiger partial charge in [-0.3, -0.25) is 0 Å². The van der Waals surface area contributed by atoms with Crippen molar-refractivity contribution in [3.63, 3.8) is 0 Å². The summed E-state index contributed by atoms with van der Waals surface area (Å²) in [6, 6.07) is 16.0. The average molecular weight is 350 g/mol. The lowest BCUT2D eigenvalue weighted by atomic mass is 9.91. The molecule has 21 heavy (non-hydrogen) atoms. The van der Waals surface area contributed by atoms with Gasteiger partial charge in [0.2, 0.25) is 0 Å². The molecule has 0 spiro atoms. The standard InChI is InChI=1S/C18H21BrFN/c1-13(2)21-12-16(15-6-4-3-5-7-15)8-14-9-17(19)11-18(20)10-14/h3-7,9-11,13,16,21H,8,12H2,1-2H3. The summed E-state index contributed by atoms with van der Waals surface area (Å²) < 4.78 is 14.3. The van der Waals surface area contributed by atoms with Crippen LogP contribution in [0.15, 0.2) is 53.0 Å². The van der Waals surface area contributed by atoms with E-state index in [1.165, 1.54) is 11.6 Å². The van der Waals surface area contributed by atoms with Gasteiger partial charge < -0.3 is 5.32 Å². The van der Waals surface area contributed by atoms with E-state index < -0.39 is 0 Å². The summed E-state index contributed by atoms with van der Waals surface area (Å²) in [5.41, 5.74) is 2.30. The summed E-state index contributed by atoms with van der Waals surface area (Å²) in [5.74, 6) is 0.144. The Labute approximate surface area is 134 Å². The Morgan fingerprint density at radius 3 is 2.43 bits per heavy atom. The summed E-state index contributed by atoms with van der Waals surface area (Å²) in [6.45, 7) is 5.16. The van der Waals surface area contributed by atoms with Crippen LogP contribution in [0.5, 0.6) is 0 Å². The average Bonchev–Trinajstić information content (AvgIpc) is 2.43. The molecule has 0 saturated heterocycles. The zero-order valence-electron chi connectivity index (χ0n) is 12.4. The van der Waals surface area contributed by atoms with Crippen molar-refractivity contribution in [2.24, 2.45) is 0 Å². The van der Waals surface area contributed by atoms with E-state index in [9.17, 15) is 4.39 Å². The molecule has 2 rings (SSSR count). The Balaban J connectivity index is 2.19. The zero-order valence-corrected chi connectivity index (χ0v) is 14.0. The highest BCUT2D eigenvalue weighted by molar-refractivity contribution is 9.10. The number of halogens is 2. The van der Waals surface area contributed by atoms with Crippen molar-refractivity contribution in [2.45, 2.75) is 32.2 Å². The van der Waals surface area contributed by atoms with Gasteiger partial charge in [-0.1, -0.05) is 60.1 Å². The third-order valence-corrected chi connectivity index (χ3v) is 3.91. The monoisotopic (exact) mass is 349 g/mol. The van der Waals surface area contributed by atoms with Crippen molar-refractivity contribution in [1.29, 1.82) is 0 Å². The number of benzene rings is 2. The maximum absolute atomic E-state index is 13.5. The molecule has 0 bridgehead atoms. The topological polar surface area (TPSA) is 12.0 Å². The molecule has 0 aliphatic carbocycles. The van der Waals surface area contributed by atoms with E-state index in [-0.39, 0.29) is 5.82 Å². The van der Waals surface area contributed by atoms with Crippen LogP contribution in [0.2, 0.25) is 0 Å². The van der Waals surface area contributed by atoms with Crippen LogP contribution >= 0.6 is 15.9 Å². The fourth-order valence-corrected chi connectivity index (χ4v) is 2.94. The second-order valence-corrected chi connectivity index (χ2v) is 6.57. The third-order valence-electron chi connectivity index (χ3n) is 3.45. The molecular formula is C18H21BrFN. The number of hydrogen-bond donors (Lipinski definition) is 1. The first-order valence-electron chi connectivity index (χ1n) is 7.28. The Kier molecular flexibility index (Phi) is 5.95. The first-order valence-corrected chi connectivity index (χ1v) is 8.07. The third kappa shape index (κ3) is 5.25. The Morgan fingerprint density at radius 1 is 1.10 bits per heavy atom. The van der Waals surface area contributed by atoms with Gasteiger partial charge >= 0.3 is 0 Å². The highest BCUT2D eigenvalue weighted by Crippen LogP contribution is 2.23. The van der Waals surface area contributed by atoms with Gasteiger partial charge in [0.25, 0.3) is 0 Å². The van der Waals surface area contributed by atoms with Crippen molar-refractivity contribution < 1.29 is 4.39 Å². The molecule has 3 heteroatoms. The van der Waals surface area contributed by atoms with Crippen molar-refractivity contribution in [2.75, 3.05) is 6.54 Å². The van der Waals surface area contributed by atoms with Crippen LogP contribution in [0, 0.1) is 5.82 Å². The Hall–Kier alpha value is -1.19. The first-order chi connectivity index (χ1) is 10.0. The molecule has 1 atom stereocenters. The van der Waals surface area contributed by atoms with E-state index in [1.54, 1.807) is 6.07 Å². The quantitative estimate of drug-likeness (QED) is 0.780. The Bertz CT molecular complexity index is 548. The fraction of sp³-hybridized carbons (Fsp3) is 0.333. The van der Waals surface area contributed by atoms with Gasteiger partial charge in [-0.25, -0.2) is 4.39 Å². The first kappa shape index (κ1) is 16.2. The predicted octanol–water partition coefficient (Wildman–Crippen LogP) is 4.91. The van der Waals surface area contributed by atoms with Crippen LogP contribution in [0.4, 0.5) is 4.39 Å². The van der Waals surface area contributed by atoms with E-state index in [1.807, 2.05) is 12.1 Å². The minimum absolute atomic E-state index is 0.192. The van der Waals surface area contributed by atoms with Crippen LogP contribution < -0.4 is 5.32 Å². The summed E-state index contributed by atoms with van der Waals surface area (Å²) >= 11 is 3.37. The molecule has 112 valence electrons. The minimum Gasteiger partial charge on any atom is -0.314 e. The summed E-state index contributed by atoms with van der Waals surface area (Å²) in [6.07, 6.45) is 0.820. The summed E-state index contributed by atoms with van der Waals surface area (Å²) in [7, 11) is 0. The maximum Gasteiger partial charge on any atom is 0.124 e. The van der Waals surface area contributed by atoms with Gasteiger partial charge in [0.05, 0.1) is 0 Å².